The third kappa shape index (κ3) is 5.59. The molecular weight excluding hydrogens is 389 g/mol. The first kappa shape index (κ1) is 19.5. The summed E-state index contributed by atoms with van der Waals surface area (Å²) < 4.78 is -0.503. The number of nitrogens with two attached hydrogens (primary N) is 1. The number of hydrogen-bond donors (Lipinski definition) is 2. The van der Waals surface area contributed by atoms with Gasteiger partial charge in [0.2, 0.25) is 9.70 Å². The fourth-order valence-corrected chi connectivity index (χ4v) is 2.41. The smallest absolute Gasteiger partial charge is 0.327 e. The summed E-state index contributed by atoms with van der Waals surface area (Å²) in [6.07, 6.45) is 1.64. The molecule has 7 nitrogen and oxygen atoms in total. The third-order valence-electron chi connectivity index (χ3n) is 3.42. The largest absolute Gasteiger partial charge is 0.369 e. The Morgan fingerprint density at radius 1 is 1.44 bits per heavy atom. The Kier molecular flexibility index (Phi) is 6.26. The highest BCUT2D eigenvalue weighted by Gasteiger charge is 2.23. The van der Waals surface area contributed by atoms with Crippen molar-refractivity contribution in [1.29, 1.82) is 0 Å². The maximum absolute atomic E-state index is 12.4. The summed E-state index contributed by atoms with van der Waals surface area (Å²) in [4.78, 5) is 34.9. The highest BCUT2D eigenvalue weighted by atomic mass is 35.6. The maximum atomic E-state index is 12.4. The van der Waals surface area contributed by atoms with Gasteiger partial charge in [-0.2, -0.15) is 0 Å². The molecular formula is C15H16Cl3N5O2. The molecule has 0 fully saturated rings. The number of rotatable bonds is 5. The molecule has 0 aliphatic rings. The molecule has 0 aliphatic carbocycles. The maximum Gasteiger partial charge on any atom is 0.327 e. The van der Waals surface area contributed by atoms with E-state index < -0.39 is 21.3 Å². The number of primary amides is 1. The second kappa shape index (κ2) is 8.03. The predicted octanol–water partition coefficient (Wildman–Crippen LogP) is 1.63. The number of H-pyrrole nitrogens is 1. The molecule has 0 saturated heterocycles. The number of carbonyl (C=O) groups is 1. The van der Waals surface area contributed by atoms with Crippen molar-refractivity contribution in [3.63, 3.8) is 0 Å². The van der Waals surface area contributed by atoms with Crippen LogP contribution >= 0.6 is 34.8 Å². The molecule has 0 bridgehead atoms. The lowest BCUT2D eigenvalue weighted by molar-refractivity contribution is -0.119. The topological polar surface area (TPSA) is 106 Å². The van der Waals surface area contributed by atoms with Crippen molar-refractivity contribution in [3.8, 4) is 0 Å². The van der Waals surface area contributed by atoms with E-state index in [1.54, 1.807) is 25.3 Å². The van der Waals surface area contributed by atoms with Gasteiger partial charge in [0.05, 0.1) is 24.7 Å². The van der Waals surface area contributed by atoms with E-state index in [1.165, 1.54) is 10.6 Å². The van der Waals surface area contributed by atoms with Gasteiger partial charge in [-0.15, -0.1) is 0 Å². The van der Waals surface area contributed by atoms with Crippen molar-refractivity contribution >= 4 is 40.7 Å². The second-order valence-electron chi connectivity index (χ2n) is 5.35. The average molecular weight is 405 g/mol. The van der Waals surface area contributed by atoms with Gasteiger partial charge in [-0.1, -0.05) is 40.9 Å². The Balaban J connectivity index is 2.55. The lowest BCUT2D eigenvalue weighted by Gasteiger charge is -2.15. The van der Waals surface area contributed by atoms with Gasteiger partial charge in [-0.3, -0.25) is 19.3 Å². The number of aromatic nitrogens is 3. The highest BCUT2D eigenvalue weighted by Crippen LogP contribution is 2.26. The Morgan fingerprint density at radius 2 is 2.16 bits per heavy atom. The van der Waals surface area contributed by atoms with Crippen LogP contribution in [0.4, 0.5) is 0 Å². The fraction of sp³-hybridized carbons (Fsp3) is 0.333. The number of nitrogens with zero attached hydrogens (tertiary/aromatic N) is 3. The molecule has 2 heterocycles. The molecule has 2 aromatic rings. The summed E-state index contributed by atoms with van der Waals surface area (Å²) in [7, 11) is 0. The van der Waals surface area contributed by atoms with Crippen LogP contribution in [0.15, 0.2) is 40.2 Å². The number of hydrogen-bond acceptors (Lipinski definition) is 4. The van der Waals surface area contributed by atoms with Gasteiger partial charge in [-0.25, -0.2) is 4.79 Å². The summed E-state index contributed by atoms with van der Waals surface area (Å²) >= 11 is 17.4. The summed E-state index contributed by atoms with van der Waals surface area (Å²) in [5, 5.41) is 0. The Morgan fingerprint density at radius 3 is 2.72 bits per heavy atom. The minimum Gasteiger partial charge on any atom is -0.369 e. The SMILES string of the molecule is CC(C(N)=O)c1c/c(=N\Cc2ccccn2)n(CC(Cl)(Cl)Cl)c(=O)[nH]1. The quantitative estimate of drug-likeness (QED) is 0.740. The Labute approximate surface area is 158 Å². The van der Waals surface area contributed by atoms with Gasteiger partial charge in [0.25, 0.3) is 0 Å². The van der Waals surface area contributed by atoms with E-state index in [9.17, 15) is 9.59 Å². The average Bonchev–Trinajstić information content (AvgIpc) is 2.54. The number of halogens is 3. The molecule has 1 unspecified atom stereocenters. The zero-order chi connectivity index (χ0) is 18.6. The van der Waals surface area contributed by atoms with Crippen molar-refractivity contribution in [3.05, 3.63) is 57.8 Å². The molecule has 1 amide bonds. The number of carbonyl (C=O) groups excluding carboxylic acids is 1. The van der Waals surface area contributed by atoms with E-state index in [-0.39, 0.29) is 18.6 Å². The first-order chi connectivity index (χ1) is 11.7. The van der Waals surface area contributed by atoms with Gasteiger partial charge in [-0.05, 0) is 19.1 Å². The molecule has 0 aromatic carbocycles. The number of alkyl halides is 3. The zero-order valence-corrected chi connectivity index (χ0v) is 15.5. The van der Waals surface area contributed by atoms with Gasteiger partial charge in [0, 0.05) is 18.0 Å². The second-order valence-corrected chi connectivity index (χ2v) is 7.87. The van der Waals surface area contributed by atoms with Gasteiger partial charge in [0.1, 0.15) is 5.49 Å². The molecule has 0 radical (unpaired) electrons. The van der Waals surface area contributed by atoms with Crippen LogP contribution in [0.25, 0.3) is 0 Å². The monoisotopic (exact) mass is 403 g/mol. The number of amides is 1. The standard InChI is InChI=1S/C15H16Cl3N5O2/c1-9(13(19)24)11-6-12(21-7-10-4-2-3-5-20-10)23(14(25)22-11)8-15(16,17)18/h2-6,9H,7-8H2,1H3,(H2,19,24)(H,22,25)/b21-12+. The van der Waals surface area contributed by atoms with Crippen molar-refractivity contribution in [2.24, 2.45) is 10.7 Å². The molecule has 1 atom stereocenters. The van der Waals surface area contributed by atoms with E-state index in [0.717, 1.165) is 0 Å². The number of nitrogens with one attached hydrogen (secondary N) is 1. The molecule has 3 N–H and O–H groups in total. The first-order valence-electron chi connectivity index (χ1n) is 7.28. The molecule has 0 saturated carbocycles. The summed E-state index contributed by atoms with van der Waals surface area (Å²) in [5.41, 5.74) is 6.03. The van der Waals surface area contributed by atoms with Gasteiger partial charge in [0.15, 0.2) is 0 Å². The van der Waals surface area contributed by atoms with E-state index in [1.807, 2.05) is 6.07 Å². The van der Waals surface area contributed by atoms with Crippen LogP contribution in [0.2, 0.25) is 0 Å². The predicted molar refractivity (Wildman–Crippen MR) is 96.5 cm³/mol. The summed E-state index contributed by atoms with van der Waals surface area (Å²) in [5.74, 6) is -1.27. The van der Waals surface area contributed by atoms with E-state index in [4.69, 9.17) is 40.5 Å². The molecule has 25 heavy (non-hydrogen) atoms. The number of aromatic amines is 1. The van der Waals surface area contributed by atoms with E-state index in [0.29, 0.717) is 11.4 Å². The van der Waals surface area contributed by atoms with Crippen LogP contribution in [0.5, 0.6) is 0 Å². The molecule has 2 aromatic heterocycles. The number of pyridine rings is 1. The van der Waals surface area contributed by atoms with E-state index >= 15 is 0 Å². The molecule has 10 heteroatoms. The van der Waals surface area contributed by atoms with Crippen LogP contribution in [0, 0.1) is 0 Å². The normalized spacial score (nSPS) is 13.7. The zero-order valence-electron chi connectivity index (χ0n) is 13.2. The van der Waals surface area contributed by atoms with Crippen molar-refractivity contribution in [1.82, 2.24) is 14.5 Å². The molecule has 0 spiro atoms. The van der Waals surface area contributed by atoms with Gasteiger partial charge < -0.3 is 10.7 Å². The van der Waals surface area contributed by atoms with Crippen LogP contribution < -0.4 is 16.9 Å². The summed E-state index contributed by atoms with van der Waals surface area (Å²) in [6, 6.07) is 6.94. The fourth-order valence-electron chi connectivity index (χ4n) is 2.05. The minimum atomic E-state index is -1.69. The first-order valence-corrected chi connectivity index (χ1v) is 8.41. The van der Waals surface area contributed by atoms with Crippen molar-refractivity contribution in [2.45, 2.75) is 29.7 Å². The van der Waals surface area contributed by atoms with Crippen molar-refractivity contribution in [2.75, 3.05) is 0 Å². The highest BCUT2D eigenvalue weighted by molar-refractivity contribution is 6.67. The lowest BCUT2D eigenvalue weighted by Crippen LogP contribution is -2.40. The van der Waals surface area contributed by atoms with Gasteiger partial charge >= 0.3 is 5.69 Å². The lowest BCUT2D eigenvalue weighted by atomic mass is 10.1. The Bertz CT molecular complexity index is 871. The van der Waals surface area contributed by atoms with E-state index in [2.05, 4.69) is 15.0 Å². The van der Waals surface area contributed by atoms with Crippen molar-refractivity contribution < 1.29 is 4.79 Å². The Hall–Kier alpha value is -1.83. The molecule has 2 rings (SSSR count). The summed E-state index contributed by atoms with van der Waals surface area (Å²) in [6.45, 7) is 1.59. The van der Waals surface area contributed by atoms with Crippen LogP contribution in [0.3, 0.4) is 0 Å². The van der Waals surface area contributed by atoms with Crippen LogP contribution in [0.1, 0.15) is 24.2 Å². The minimum absolute atomic E-state index is 0.209. The molecule has 0 aliphatic heterocycles. The molecule has 134 valence electrons. The van der Waals surface area contributed by atoms with Crippen LogP contribution in [-0.4, -0.2) is 24.2 Å². The third-order valence-corrected chi connectivity index (χ3v) is 3.78. The van der Waals surface area contributed by atoms with Crippen LogP contribution in [-0.2, 0) is 17.9 Å².